The molecule has 36 heavy (non-hydrogen) atoms. The third-order valence-electron chi connectivity index (χ3n) is 4.56. The van der Waals surface area contributed by atoms with Crippen molar-refractivity contribution in [2.45, 2.75) is 70.2 Å². The van der Waals surface area contributed by atoms with E-state index in [0.717, 1.165) is 0 Å². The minimum absolute atomic E-state index is 0.157. The van der Waals surface area contributed by atoms with E-state index >= 15 is 0 Å². The van der Waals surface area contributed by atoms with Crippen LogP contribution in [0.5, 0.6) is 0 Å². The van der Waals surface area contributed by atoms with Crippen LogP contribution in [0.4, 0.5) is 0 Å². The van der Waals surface area contributed by atoms with Crippen LogP contribution in [0.3, 0.4) is 0 Å². The topological polar surface area (TPSA) is 273 Å². The summed E-state index contributed by atoms with van der Waals surface area (Å²) in [5, 5.41) is 0. The van der Waals surface area contributed by atoms with Gasteiger partial charge in [0.2, 0.25) is 0 Å². The molecule has 0 aromatic heterocycles. The Morgan fingerprint density at radius 1 is 0.694 bits per heavy atom. The Labute approximate surface area is 209 Å². The third-order valence-corrected chi connectivity index (χ3v) is 6.39. The van der Waals surface area contributed by atoms with Gasteiger partial charge in [0.15, 0.2) is 12.4 Å². The number of hydrogen-bond acceptors (Lipinski definition) is 14. The molecule has 0 bridgehead atoms. The summed E-state index contributed by atoms with van der Waals surface area (Å²) in [4.78, 5) is 0. The van der Waals surface area contributed by atoms with Crippen LogP contribution >= 0.6 is 0 Å². The molecule has 1 aliphatic heterocycles. The molecule has 1 saturated heterocycles. The molecule has 1 fully saturated rings. The summed E-state index contributed by atoms with van der Waals surface area (Å²) in [6.07, 6.45) is -9.04. The van der Waals surface area contributed by atoms with Gasteiger partial charge in [-0.15, -0.1) is 0 Å². The Morgan fingerprint density at radius 3 is 1.56 bits per heavy atom. The normalized spacial score (nSPS) is 26.4. The molecule has 1 aliphatic rings. The molecule has 0 aromatic rings. The Hall–Kier alpha value is -0.600. The van der Waals surface area contributed by atoms with Crippen molar-refractivity contribution < 1.29 is 78.1 Å². The molecule has 0 aromatic carbocycles. The van der Waals surface area contributed by atoms with E-state index in [1.54, 1.807) is 0 Å². The molecule has 0 saturated carbocycles. The number of rotatable bonds is 16. The molecule has 22 heteroatoms. The Morgan fingerprint density at radius 2 is 1.14 bits per heavy atom. The molecule has 1 rings (SSSR count). The second-order valence-corrected chi connectivity index (χ2v) is 11.7. The Bertz CT molecular complexity index is 1110. The first-order valence-corrected chi connectivity index (χ1v) is 15.6. The fraction of sp³-hybridized carbons (Fsp3) is 1.00. The Balaban J connectivity index is 3.55. The first kappa shape index (κ1) is 33.4. The lowest BCUT2D eigenvalue weighted by atomic mass is 9.98. The van der Waals surface area contributed by atoms with Gasteiger partial charge in [0, 0.05) is 0 Å². The van der Waals surface area contributed by atoms with Gasteiger partial charge >= 0.3 is 41.6 Å². The lowest BCUT2D eigenvalue weighted by molar-refractivity contribution is -0.289. The minimum atomic E-state index is -5.57. The average Bonchev–Trinajstić information content (AvgIpc) is 2.65. The molecular formula is C14H28O18S4. The van der Waals surface area contributed by atoms with Crippen LogP contribution in [-0.4, -0.2) is 95.8 Å². The van der Waals surface area contributed by atoms with E-state index in [4.69, 9.17) is 23.1 Å². The van der Waals surface area contributed by atoms with E-state index in [0.29, 0.717) is 25.7 Å². The van der Waals surface area contributed by atoms with E-state index in [1.165, 1.54) is 0 Å². The summed E-state index contributed by atoms with van der Waals surface area (Å²) >= 11 is 0. The van der Waals surface area contributed by atoms with Crippen LogP contribution < -0.4 is 0 Å². The zero-order valence-corrected chi connectivity index (χ0v) is 22.1. The van der Waals surface area contributed by atoms with Gasteiger partial charge < -0.3 is 9.47 Å². The highest BCUT2D eigenvalue weighted by atomic mass is 32.3. The van der Waals surface area contributed by atoms with Gasteiger partial charge in [-0.1, -0.05) is 26.7 Å². The standard InChI is InChI=1S/C14H28O18S4/c1-3-5-9(6-4-2)7-27-14-13(32-36(24,25)26)12(31-35(21,22)23)11(30-34(18,19)20)10(29-14)8-28-33(15,16)17/h9-14H,3-8H2,1-2H3,(H,15,16,17)(H,18,19,20)(H,21,22,23)(H,24,25,26)/t10-,11+,12+,13-,14-/m1/s1. The third kappa shape index (κ3) is 13.3. The molecule has 0 radical (unpaired) electrons. The number of ether oxygens (including phenoxy) is 2. The van der Waals surface area contributed by atoms with Crippen molar-refractivity contribution >= 4 is 41.6 Å². The van der Waals surface area contributed by atoms with Crippen molar-refractivity contribution in [3.63, 3.8) is 0 Å². The fourth-order valence-corrected chi connectivity index (χ4v) is 5.21. The SMILES string of the molecule is CCCC(CCC)CO[C@@H]1O[C@H](COS(=O)(=O)O)[C@H](OS(=O)(=O)O)[C@H](OS(=O)(=O)O)[C@H]1OS(=O)(=O)O. The van der Waals surface area contributed by atoms with Gasteiger partial charge in [-0.3, -0.25) is 18.2 Å². The van der Waals surface area contributed by atoms with E-state index in [-0.39, 0.29) is 12.5 Å². The predicted molar refractivity (Wildman–Crippen MR) is 115 cm³/mol. The summed E-state index contributed by atoms with van der Waals surface area (Å²) < 4.78 is 154. The zero-order valence-electron chi connectivity index (χ0n) is 18.8. The lowest BCUT2D eigenvalue weighted by Gasteiger charge is -2.43. The van der Waals surface area contributed by atoms with E-state index < -0.39 is 78.9 Å². The first-order chi connectivity index (χ1) is 16.2. The van der Waals surface area contributed by atoms with Gasteiger partial charge in [-0.05, 0) is 18.8 Å². The molecule has 18 nitrogen and oxygen atoms in total. The van der Waals surface area contributed by atoms with Gasteiger partial charge in [-0.2, -0.15) is 33.7 Å². The average molecular weight is 613 g/mol. The smallest absolute Gasteiger partial charge is 0.350 e. The molecule has 0 unspecified atom stereocenters. The summed E-state index contributed by atoms with van der Waals surface area (Å²) in [6, 6.07) is 0. The van der Waals surface area contributed by atoms with Crippen LogP contribution in [0, 0.1) is 5.92 Å². The maximum atomic E-state index is 11.4. The summed E-state index contributed by atoms with van der Waals surface area (Å²) in [7, 11) is -21.8. The Kier molecular flexibility index (Phi) is 12.5. The molecule has 0 aliphatic carbocycles. The molecule has 0 amide bonds. The van der Waals surface area contributed by atoms with Gasteiger partial charge in [0.05, 0.1) is 13.2 Å². The predicted octanol–water partition coefficient (Wildman–Crippen LogP) is -0.672. The highest BCUT2D eigenvalue weighted by molar-refractivity contribution is 7.81. The van der Waals surface area contributed by atoms with Gasteiger partial charge in [0.1, 0.15) is 18.3 Å². The van der Waals surface area contributed by atoms with Crippen molar-refractivity contribution in [3.05, 3.63) is 0 Å². The second-order valence-electron chi connectivity index (χ2n) is 7.50. The monoisotopic (exact) mass is 612 g/mol. The molecule has 0 spiro atoms. The van der Waals surface area contributed by atoms with Crippen LogP contribution in [0.1, 0.15) is 39.5 Å². The molecule has 4 N–H and O–H groups in total. The molecule has 5 atom stereocenters. The summed E-state index contributed by atoms with van der Waals surface area (Å²) in [6.45, 7) is 2.21. The van der Waals surface area contributed by atoms with Crippen LogP contribution in [-0.2, 0) is 67.8 Å². The zero-order chi connectivity index (χ0) is 27.9. The van der Waals surface area contributed by atoms with E-state index in [1.807, 2.05) is 13.8 Å². The van der Waals surface area contributed by atoms with Gasteiger partial charge in [-0.25, -0.2) is 16.7 Å². The van der Waals surface area contributed by atoms with E-state index in [2.05, 4.69) is 16.7 Å². The lowest BCUT2D eigenvalue weighted by Crippen LogP contribution is -2.63. The number of hydrogen-bond donors (Lipinski definition) is 4. The van der Waals surface area contributed by atoms with Crippen molar-refractivity contribution in [1.29, 1.82) is 0 Å². The summed E-state index contributed by atoms with van der Waals surface area (Å²) in [5.74, 6) is -0.157. The first-order valence-electron chi connectivity index (χ1n) is 10.1. The van der Waals surface area contributed by atoms with Crippen molar-refractivity contribution in [2.24, 2.45) is 5.92 Å². The quantitative estimate of drug-likeness (QED) is 0.157. The van der Waals surface area contributed by atoms with Crippen LogP contribution in [0.25, 0.3) is 0 Å². The molecule has 1 heterocycles. The van der Waals surface area contributed by atoms with Crippen molar-refractivity contribution in [1.82, 2.24) is 0 Å². The summed E-state index contributed by atoms with van der Waals surface area (Å²) in [5.41, 5.74) is 0. The highest BCUT2D eigenvalue weighted by Gasteiger charge is 2.54. The van der Waals surface area contributed by atoms with Crippen LogP contribution in [0.15, 0.2) is 0 Å². The van der Waals surface area contributed by atoms with Crippen molar-refractivity contribution in [2.75, 3.05) is 13.2 Å². The second kappa shape index (κ2) is 13.5. The largest absolute Gasteiger partial charge is 0.397 e. The van der Waals surface area contributed by atoms with E-state index in [9.17, 15) is 38.2 Å². The minimum Gasteiger partial charge on any atom is -0.350 e. The molecular weight excluding hydrogens is 584 g/mol. The van der Waals surface area contributed by atoms with Gasteiger partial charge in [0.25, 0.3) is 0 Å². The maximum absolute atomic E-state index is 11.4. The van der Waals surface area contributed by atoms with Crippen molar-refractivity contribution in [3.8, 4) is 0 Å². The van der Waals surface area contributed by atoms with Crippen LogP contribution in [0.2, 0.25) is 0 Å². The molecule has 216 valence electrons. The fourth-order valence-electron chi connectivity index (χ4n) is 3.41. The maximum Gasteiger partial charge on any atom is 0.397 e. The highest BCUT2D eigenvalue weighted by Crippen LogP contribution is 2.32.